The fraction of sp³-hybridized carbons (Fsp3) is 0.154. The maximum atomic E-state index is 13.1. The van der Waals surface area contributed by atoms with Crippen molar-refractivity contribution >= 4 is 17.2 Å². The molecule has 2 aromatic rings. The van der Waals surface area contributed by atoms with Crippen molar-refractivity contribution in [1.29, 1.82) is 0 Å². The van der Waals surface area contributed by atoms with E-state index in [1.54, 1.807) is 19.1 Å². The molecule has 0 saturated carbocycles. The van der Waals surface area contributed by atoms with Gasteiger partial charge in [-0.1, -0.05) is 30.0 Å². The standard InChI is InChI=1S/C13H12FN3OS/c1-3-11(18)15-8(2)12-16-17-13(19-12)9-5-4-6-10(14)7-9/h3-8H,1H2,2H3,(H,15,18). The minimum absolute atomic E-state index is 0.259. The average molecular weight is 277 g/mol. The molecule has 1 atom stereocenters. The van der Waals surface area contributed by atoms with E-state index in [0.717, 1.165) is 0 Å². The van der Waals surface area contributed by atoms with Gasteiger partial charge >= 0.3 is 0 Å². The van der Waals surface area contributed by atoms with Crippen molar-refractivity contribution in [2.45, 2.75) is 13.0 Å². The summed E-state index contributed by atoms with van der Waals surface area (Å²) in [7, 11) is 0. The first-order chi connectivity index (χ1) is 9.10. The molecule has 1 aromatic heterocycles. The van der Waals surface area contributed by atoms with Gasteiger partial charge < -0.3 is 5.32 Å². The second-order valence-corrected chi connectivity index (χ2v) is 4.90. The van der Waals surface area contributed by atoms with Gasteiger partial charge in [-0.3, -0.25) is 4.79 Å². The molecule has 0 saturated heterocycles. The molecule has 1 aromatic carbocycles. The van der Waals surface area contributed by atoms with E-state index in [-0.39, 0.29) is 17.8 Å². The Kier molecular flexibility index (Phi) is 4.01. The van der Waals surface area contributed by atoms with Gasteiger partial charge in [0, 0.05) is 5.56 Å². The van der Waals surface area contributed by atoms with Crippen molar-refractivity contribution in [3.8, 4) is 10.6 Å². The highest BCUT2D eigenvalue weighted by atomic mass is 32.1. The topological polar surface area (TPSA) is 54.9 Å². The normalized spacial score (nSPS) is 11.9. The van der Waals surface area contributed by atoms with Crippen molar-refractivity contribution in [3.63, 3.8) is 0 Å². The molecule has 0 aliphatic rings. The Morgan fingerprint density at radius 2 is 2.32 bits per heavy atom. The molecule has 1 unspecified atom stereocenters. The Morgan fingerprint density at radius 3 is 3.00 bits per heavy atom. The van der Waals surface area contributed by atoms with Crippen molar-refractivity contribution in [2.24, 2.45) is 0 Å². The summed E-state index contributed by atoms with van der Waals surface area (Å²) >= 11 is 1.32. The van der Waals surface area contributed by atoms with E-state index < -0.39 is 0 Å². The zero-order valence-electron chi connectivity index (χ0n) is 10.3. The number of hydrogen-bond acceptors (Lipinski definition) is 4. The summed E-state index contributed by atoms with van der Waals surface area (Å²) in [5, 5.41) is 12.0. The minimum Gasteiger partial charge on any atom is -0.344 e. The van der Waals surface area contributed by atoms with Crippen LogP contribution in [0.1, 0.15) is 18.0 Å². The number of aromatic nitrogens is 2. The first-order valence-corrected chi connectivity index (χ1v) is 6.44. The number of carbonyl (C=O) groups excluding carboxylic acids is 1. The molecule has 1 heterocycles. The molecule has 98 valence electrons. The predicted molar refractivity (Wildman–Crippen MR) is 72.1 cm³/mol. The van der Waals surface area contributed by atoms with Gasteiger partial charge in [0.2, 0.25) is 5.91 Å². The van der Waals surface area contributed by atoms with Crippen LogP contribution in [0.3, 0.4) is 0 Å². The zero-order valence-corrected chi connectivity index (χ0v) is 11.1. The van der Waals surface area contributed by atoms with Gasteiger partial charge in [0.1, 0.15) is 15.8 Å². The van der Waals surface area contributed by atoms with Crippen LogP contribution in [0.25, 0.3) is 10.6 Å². The lowest BCUT2D eigenvalue weighted by atomic mass is 10.2. The van der Waals surface area contributed by atoms with Crippen LogP contribution in [0.2, 0.25) is 0 Å². The number of halogens is 1. The summed E-state index contributed by atoms with van der Waals surface area (Å²) < 4.78 is 13.1. The minimum atomic E-state index is -0.317. The second kappa shape index (κ2) is 5.71. The van der Waals surface area contributed by atoms with Crippen LogP contribution in [0.4, 0.5) is 4.39 Å². The number of hydrogen-bond donors (Lipinski definition) is 1. The highest BCUT2D eigenvalue weighted by Crippen LogP contribution is 2.26. The molecule has 4 nitrogen and oxygen atoms in total. The highest BCUT2D eigenvalue weighted by Gasteiger charge is 2.14. The van der Waals surface area contributed by atoms with Crippen LogP contribution in [0, 0.1) is 5.82 Å². The molecule has 0 fully saturated rings. The molecule has 2 rings (SSSR count). The van der Waals surface area contributed by atoms with Gasteiger partial charge in [-0.2, -0.15) is 0 Å². The maximum Gasteiger partial charge on any atom is 0.243 e. The molecular formula is C13H12FN3OS. The van der Waals surface area contributed by atoms with Crippen molar-refractivity contribution in [3.05, 3.63) is 47.7 Å². The Morgan fingerprint density at radius 1 is 1.53 bits per heavy atom. The summed E-state index contributed by atoms with van der Waals surface area (Å²) in [5.74, 6) is -0.586. The number of amides is 1. The lowest BCUT2D eigenvalue weighted by molar-refractivity contribution is -0.117. The fourth-order valence-corrected chi connectivity index (χ4v) is 2.32. The quantitative estimate of drug-likeness (QED) is 0.874. The molecule has 0 radical (unpaired) electrons. The molecule has 1 amide bonds. The number of benzene rings is 1. The van der Waals surface area contributed by atoms with Crippen LogP contribution >= 0.6 is 11.3 Å². The molecule has 6 heteroatoms. The predicted octanol–water partition coefficient (Wildman–Crippen LogP) is 2.71. The van der Waals surface area contributed by atoms with Crippen LogP contribution in [-0.4, -0.2) is 16.1 Å². The van der Waals surface area contributed by atoms with Gasteiger partial charge in [-0.05, 0) is 25.1 Å². The SMILES string of the molecule is C=CC(=O)NC(C)c1nnc(-c2cccc(F)c2)s1. The van der Waals surface area contributed by atoms with Gasteiger partial charge in [0.05, 0.1) is 6.04 Å². The van der Waals surface area contributed by atoms with Gasteiger partial charge in [0.25, 0.3) is 0 Å². The van der Waals surface area contributed by atoms with E-state index in [9.17, 15) is 9.18 Å². The van der Waals surface area contributed by atoms with Crippen molar-refractivity contribution in [2.75, 3.05) is 0 Å². The van der Waals surface area contributed by atoms with Crippen molar-refractivity contribution < 1.29 is 9.18 Å². The average Bonchev–Trinajstić information content (AvgIpc) is 2.88. The first kappa shape index (κ1) is 13.4. The van der Waals surface area contributed by atoms with Crippen LogP contribution in [-0.2, 0) is 4.79 Å². The summed E-state index contributed by atoms with van der Waals surface area (Å²) in [6, 6.07) is 5.90. The van der Waals surface area contributed by atoms with Crippen LogP contribution in [0.5, 0.6) is 0 Å². The smallest absolute Gasteiger partial charge is 0.243 e. The van der Waals surface area contributed by atoms with Crippen LogP contribution in [0.15, 0.2) is 36.9 Å². The molecule has 1 N–H and O–H groups in total. The summed E-state index contributed by atoms with van der Waals surface area (Å²) in [4.78, 5) is 11.2. The van der Waals surface area contributed by atoms with E-state index in [1.165, 1.54) is 29.5 Å². The number of nitrogens with one attached hydrogen (secondary N) is 1. The third-order valence-electron chi connectivity index (χ3n) is 2.43. The fourth-order valence-electron chi connectivity index (χ4n) is 1.48. The third-order valence-corrected chi connectivity index (χ3v) is 3.58. The molecule has 0 aliphatic heterocycles. The molecule has 0 aliphatic carbocycles. The third kappa shape index (κ3) is 3.23. The molecule has 19 heavy (non-hydrogen) atoms. The number of carbonyl (C=O) groups is 1. The van der Waals surface area contributed by atoms with E-state index in [0.29, 0.717) is 15.6 Å². The molecular weight excluding hydrogens is 265 g/mol. The number of nitrogens with zero attached hydrogens (tertiary/aromatic N) is 2. The number of rotatable bonds is 4. The van der Waals surface area contributed by atoms with E-state index in [2.05, 4.69) is 22.1 Å². The van der Waals surface area contributed by atoms with Crippen LogP contribution < -0.4 is 5.32 Å². The summed E-state index contributed by atoms with van der Waals surface area (Å²) in [6.07, 6.45) is 1.20. The van der Waals surface area contributed by atoms with Gasteiger partial charge in [0.15, 0.2) is 0 Å². The Labute approximate surface area is 114 Å². The largest absolute Gasteiger partial charge is 0.344 e. The lowest BCUT2D eigenvalue weighted by Gasteiger charge is -2.07. The second-order valence-electron chi connectivity index (χ2n) is 3.89. The van der Waals surface area contributed by atoms with Crippen molar-refractivity contribution in [1.82, 2.24) is 15.5 Å². The van der Waals surface area contributed by atoms with E-state index in [4.69, 9.17) is 0 Å². The maximum absolute atomic E-state index is 13.1. The Hall–Kier alpha value is -2.08. The van der Waals surface area contributed by atoms with Gasteiger partial charge in [-0.15, -0.1) is 10.2 Å². The first-order valence-electron chi connectivity index (χ1n) is 5.62. The van der Waals surface area contributed by atoms with E-state index in [1.807, 2.05) is 0 Å². The van der Waals surface area contributed by atoms with Gasteiger partial charge in [-0.25, -0.2) is 4.39 Å². The van der Waals surface area contributed by atoms with E-state index >= 15 is 0 Å². The molecule has 0 bridgehead atoms. The zero-order chi connectivity index (χ0) is 13.8. The highest BCUT2D eigenvalue weighted by molar-refractivity contribution is 7.14. The summed E-state index contributed by atoms with van der Waals surface area (Å²) in [6.45, 7) is 5.19. The Balaban J connectivity index is 2.19. The monoisotopic (exact) mass is 277 g/mol. The Bertz CT molecular complexity index is 611. The lowest BCUT2D eigenvalue weighted by Crippen LogP contribution is -2.24. The summed E-state index contributed by atoms with van der Waals surface area (Å²) in [5.41, 5.74) is 0.672. The molecule has 0 spiro atoms.